The van der Waals surface area contributed by atoms with Crippen molar-refractivity contribution < 1.29 is 14.3 Å². The lowest BCUT2D eigenvalue weighted by Crippen LogP contribution is -2.32. The Hall–Kier alpha value is -3.00. The molecule has 5 rings (SSSR count). The third-order valence-corrected chi connectivity index (χ3v) is 6.92. The van der Waals surface area contributed by atoms with Crippen LogP contribution in [0.4, 0.5) is 0 Å². The van der Waals surface area contributed by atoms with Crippen LogP contribution in [-0.4, -0.2) is 51.1 Å². The first-order valence-electron chi connectivity index (χ1n) is 10.9. The fourth-order valence-corrected chi connectivity index (χ4v) is 5.16. The molecule has 1 atom stereocenters. The molecule has 1 saturated heterocycles. The lowest BCUT2D eigenvalue weighted by atomic mass is 10.0. The zero-order chi connectivity index (χ0) is 22.1. The average molecular weight is 451 g/mol. The Labute approximate surface area is 191 Å². The van der Waals surface area contributed by atoms with E-state index in [0.29, 0.717) is 19.0 Å². The molecule has 3 heterocycles. The molecular formula is C24H26N4O3S. The quantitative estimate of drug-likeness (QED) is 0.545. The molecule has 8 heteroatoms. The van der Waals surface area contributed by atoms with Crippen LogP contribution >= 0.6 is 11.8 Å². The van der Waals surface area contributed by atoms with E-state index in [0.717, 1.165) is 52.9 Å². The van der Waals surface area contributed by atoms with E-state index in [1.165, 1.54) is 17.3 Å². The summed E-state index contributed by atoms with van der Waals surface area (Å²) in [4.78, 5) is 15.2. The van der Waals surface area contributed by atoms with Gasteiger partial charge < -0.3 is 14.4 Å². The molecule has 1 fully saturated rings. The largest absolute Gasteiger partial charge is 0.486 e. The van der Waals surface area contributed by atoms with Crippen molar-refractivity contribution in [3.63, 3.8) is 0 Å². The summed E-state index contributed by atoms with van der Waals surface area (Å²) in [6.45, 7) is 6.03. The maximum absolute atomic E-state index is 13.2. The van der Waals surface area contributed by atoms with Crippen LogP contribution in [0.1, 0.15) is 35.6 Å². The highest BCUT2D eigenvalue weighted by molar-refractivity contribution is 7.99. The summed E-state index contributed by atoms with van der Waals surface area (Å²) in [6, 6.07) is 12.4. The highest BCUT2D eigenvalue weighted by atomic mass is 32.2. The van der Waals surface area contributed by atoms with Crippen LogP contribution in [0.3, 0.4) is 0 Å². The Bertz CT molecular complexity index is 1150. The number of fused-ring (bicyclic) bond motifs is 1. The van der Waals surface area contributed by atoms with Gasteiger partial charge in [0.25, 0.3) is 0 Å². The van der Waals surface area contributed by atoms with E-state index in [9.17, 15) is 4.79 Å². The highest BCUT2D eigenvalue weighted by Crippen LogP contribution is 2.38. The summed E-state index contributed by atoms with van der Waals surface area (Å²) in [6.07, 6.45) is 3.66. The topological polar surface area (TPSA) is 69.5 Å². The lowest BCUT2D eigenvalue weighted by molar-refractivity contribution is -0.129. The molecule has 3 aromatic rings. The molecule has 1 aromatic heterocycles. The molecule has 2 aliphatic rings. The smallest absolute Gasteiger partial charge is 0.233 e. The number of hydrogen-bond acceptors (Lipinski definition) is 6. The predicted molar refractivity (Wildman–Crippen MR) is 123 cm³/mol. The second-order valence-corrected chi connectivity index (χ2v) is 9.15. The zero-order valence-electron chi connectivity index (χ0n) is 18.3. The molecule has 0 bridgehead atoms. The van der Waals surface area contributed by atoms with Gasteiger partial charge in [0.15, 0.2) is 16.7 Å². The van der Waals surface area contributed by atoms with E-state index in [-0.39, 0.29) is 11.9 Å². The van der Waals surface area contributed by atoms with Crippen molar-refractivity contribution in [2.45, 2.75) is 37.9 Å². The molecule has 0 spiro atoms. The molecule has 1 amide bonds. The number of thioether (sulfide) groups is 1. The van der Waals surface area contributed by atoms with E-state index < -0.39 is 0 Å². The van der Waals surface area contributed by atoms with Crippen molar-refractivity contribution in [3.05, 3.63) is 59.4 Å². The van der Waals surface area contributed by atoms with Gasteiger partial charge in [0.1, 0.15) is 19.5 Å². The number of rotatable bonds is 5. The second kappa shape index (κ2) is 8.86. The van der Waals surface area contributed by atoms with E-state index in [2.05, 4.69) is 42.2 Å². The van der Waals surface area contributed by atoms with Crippen LogP contribution < -0.4 is 9.47 Å². The van der Waals surface area contributed by atoms with E-state index in [1.54, 1.807) is 6.33 Å². The van der Waals surface area contributed by atoms with E-state index in [4.69, 9.17) is 9.47 Å². The number of carbonyl (C=O) groups excluding carboxylic acids is 1. The Kier molecular flexibility index (Phi) is 5.78. The first-order chi connectivity index (χ1) is 15.6. The van der Waals surface area contributed by atoms with Gasteiger partial charge in [-0.1, -0.05) is 30.0 Å². The van der Waals surface area contributed by atoms with Gasteiger partial charge in [-0.3, -0.25) is 9.36 Å². The minimum absolute atomic E-state index is 0.0656. The zero-order valence-corrected chi connectivity index (χ0v) is 19.1. The van der Waals surface area contributed by atoms with Gasteiger partial charge in [-0.25, -0.2) is 0 Å². The van der Waals surface area contributed by atoms with Gasteiger partial charge >= 0.3 is 0 Å². The monoisotopic (exact) mass is 450 g/mol. The molecule has 7 nitrogen and oxygen atoms in total. The summed E-state index contributed by atoms with van der Waals surface area (Å²) in [7, 11) is 0. The van der Waals surface area contributed by atoms with Crippen LogP contribution in [0.15, 0.2) is 47.9 Å². The van der Waals surface area contributed by atoms with E-state index >= 15 is 0 Å². The minimum atomic E-state index is 0.0656. The summed E-state index contributed by atoms with van der Waals surface area (Å²) in [5.74, 6) is 1.98. The SMILES string of the molecule is Cc1ccc(C)c(-n2cnnc2SCC(=O)N2CCCC2c2ccc3c(c2)OCCO3)c1. The molecule has 1 unspecified atom stereocenters. The number of nitrogens with zero attached hydrogens (tertiary/aromatic N) is 4. The van der Waals surface area contributed by atoms with Crippen molar-refractivity contribution in [2.24, 2.45) is 0 Å². The van der Waals surface area contributed by atoms with Gasteiger partial charge in [0.2, 0.25) is 5.91 Å². The standard InChI is InChI=1S/C24H26N4O3S/c1-16-5-6-17(2)20(12-16)28-15-25-26-24(28)32-14-23(29)27-9-3-4-19(27)18-7-8-21-22(13-18)31-11-10-30-21/h5-8,12-13,15,19H,3-4,9-11,14H2,1-2H3. The third kappa shape index (κ3) is 4.07. The summed E-state index contributed by atoms with van der Waals surface area (Å²) in [5.41, 5.74) is 4.45. The highest BCUT2D eigenvalue weighted by Gasteiger charge is 2.31. The van der Waals surface area contributed by atoms with Crippen LogP contribution in [-0.2, 0) is 4.79 Å². The molecule has 32 heavy (non-hydrogen) atoms. The number of amides is 1. The lowest BCUT2D eigenvalue weighted by Gasteiger charge is -2.26. The summed E-state index contributed by atoms with van der Waals surface area (Å²) < 4.78 is 13.3. The Balaban J connectivity index is 1.30. The van der Waals surface area contributed by atoms with Crippen molar-refractivity contribution in [1.29, 1.82) is 0 Å². The molecule has 2 aliphatic heterocycles. The minimum Gasteiger partial charge on any atom is -0.486 e. The van der Waals surface area contributed by atoms with Crippen molar-refractivity contribution in [1.82, 2.24) is 19.7 Å². The fraction of sp³-hybridized carbons (Fsp3) is 0.375. The van der Waals surface area contributed by atoms with Gasteiger partial charge in [-0.15, -0.1) is 10.2 Å². The summed E-state index contributed by atoms with van der Waals surface area (Å²) >= 11 is 1.43. The van der Waals surface area contributed by atoms with Crippen molar-refractivity contribution in [3.8, 4) is 17.2 Å². The number of ether oxygens (including phenoxy) is 2. The average Bonchev–Trinajstić information content (AvgIpc) is 3.48. The van der Waals surface area contributed by atoms with Crippen LogP contribution in [0, 0.1) is 13.8 Å². The summed E-state index contributed by atoms with van der Waals surface area (Å²) in [5, 5.41) is 9.08. The Morgan fingerprint density at radius 2 is 1.97 bits per heavy atom. The normalized spacial score (nSPS) is 17.6. The number of hydrogen-bond donors (Lipinski definition) is 0. The number of carbonyl (C=O) groups is 1. The predicted octanol–water partition coefficient (Wildman–Crippen LogP) is 4.11. The van der Waals surface area contributed by atoms with Gasteiger partial charge in [-0.2, -0.15) is 0 Å². The maximum Gasteiger partial charge on any atom is 0.233 e. The molecule has 0 aliphatic carbocycles. The molecule has 166 valence electrons. The number of benzene rings is 2. The third-order valence-electron chi connectivity index (χ3n) is 5.99. The Morgan fingerprint density at radius 1 is 1.12 bits per heavy atom. The number of aromatic nitrogens is 3. The first kappa shape index (κ1) is 20.9. The van der Waals surface area contributed by atoms with E-state index in [1.807, 2.05) is 27.7 Å². The Morgan fingerprint density at radius 3 is 2.84 bits per heavy atom. The van der Waals surface area contributed by atoms with Crippen LogP contribution in [0.5, 0.6) is 11.5 Å². The van der Waals surface area contributed by atoms with Gasteiger partial charge in [0.05, 0.1) is 17.5 Å². The molecule has 0 N–H and O–H groups in total. The maximum atomic E-state index is 13.2. The first-order valence-corrected chi connectivity index (χ1v) is 11.9. The van der Waals surface area contributed by atoms with Crippen molar-refractivity contribution in [2.75, 3.05) is 25.5 Å². The van der Waals surface area contributed by atoms with Gasteiger partial charge in [0, 0.05) is 6.54 Å². The molecular weight excluding hydrogens is 424 g/mol. The molecule has 0 saturated carbocycles. The van der Waals surface area contributed by atoms with Gasteiger partial charge in [-0.05, 0) is 61.6 Å². The second-order valence-electron chi connectivity index (χ2n) is 8.21. The molecule has 0 radical (unpaired) electrons. The number of likely N-dealkylation sites (tertiary alicyclic amines) is 1. The fourth-order valence-electron chi connectivity index (χ4n) is 4.36. The van der Waals surface area contributed by atoms with Crippen molar-refractivity contribution >= 4 is 17.7 Å². The number of aryl methyl sites for hydroxylation is 2. The van der Waals surface area contributed by atoms with Crippen LogP contribution in [0.25, 0.3) is 5.69 Å². The molecule has 2 aromatic carbocycles. The van der Waals surface area contributed by atoms with Crippen LogP contribution in [0.2, 0.25) is 0 Å².